The zero-order valence-electron chi connectivity index (χ0n) is 13.0. The van der Waals surface area contributed by atoms with Crippen molar-refractivity contribution < 1.29 is 28.2 Å². The van der Waals surface area contributed by atoms with Crippen molar-refractivity contribution in [3.05, 3.63) is 54.3 Å². The van der Waals surface area contributed by atoms with Crippen LogP contribution in [0, 0.1) is 5.82 Å². The molecule has 1 aliphatic rings. The molecule has 0 aromatic heterocycles. The Morgan fingerprint density at radius 2 is 1.48 bits per heavy atom. The van der Waals surface area contributed by atoms with E-state index in [0.29, 0.717) is 11.5 Å². The molecule has 1 heterocycles. The number of hydrogen-bond acceptors (Lipinski definition) is 5. The fourth-order valence-corrected chi connectivity index (χ4v) is 2.15. The predicted octanol–water partition coefficient (Wildman–Crippen LogP) is 2.12. The molecule has 0 radical (unpaired) electrons. The molecule has 128 valence electrons. The van der Waals surface area contributed by atoms with Gasteiger partial charge < -0.3 is 9.47 Å². The highest BCUT2D eigenvalue weighted by molar-refractivity contribution is 6.21. The molecule has 7 nitrogen and oxygen atoms in total. The van der Waals surface area contributed by atoms with Crippen LogP contribution < -0.4 is 20.1 Å². The summed E-state index contributed by atoms with van der Waals surface area (Å²) in [5, 5.41) is 3.95. The van der Waals surface area contributed by atoms with Gasteiger partial charge in [0.05, 0.1) is 0 Å². The summed E-state index contributed by atoms with van der Waals surface area (Å²) in [4.78, 5) is 34.9. The first kappa shape index (κ1) is 16.4. The van der Waals surface area contributed by atoms with Gasteiger partial charge in [-0.1, -0.05) is 6.07 Å². The lowest BCUT2D eigenvalue weighted by atomic mass is 10.0. The maximum Gasteiger partial charge on any atom is 0.328 e. The molecule has 0 aliphatic carbocycles. The number of imide groups is 2. The Kier molecular flexibility index (Phi) is 4.10. The molecule has 1 aliphatic heterocycles. The van der Waals surface area contributed by atoms with Gasteiger partial charge in [0.25, 0.3) is 17.4 Å². The van der Waals surface area contributed by atoms with E-state index >= 15 is 0 Å². The van der Waals surface area contributed by atoms with Crippen LogP contribution in [-0.2, 0) is 9.59 Å². The number of ether oxygens (including phenoxy) is 2. The third kappa shape index (κ3) is 3.42. The molecule has 4 amide bonds. The quantitative estimate of drug-likeness (QED) is 0.829. The third-order valence-corrected chi connectivity index (χ3v) is 3.50. The van der Waals surface area contributed by atoms with Gasteiger partial charge in [0.2, 0.25) is 0 Å². The van der Waals surface area contributed by atoms with E-state index < -0.39 is 29.3 Å². The number of carbonyl (C=O) groups excluding carboxylic acids is 3. The monoisotopic (exact) mass is 344 g/mol. The van der Waals surface area contributed by atoms with Crippen LogP contribution in [0.3, 0.4) is 0 Å². The Balaban J connectivity index is 1.73. The van der Waals surface area contributed by atoms with Gasteiger partial charge in [0.1, 0.15) is 23.1 Å². The first-order valence-corrected chi connectivity index (χ1v) is 7.26. The number of amides is 4. The van der Waals surface area contributed by atoms with Crippen molar-refractivity contribution in [2.24, 2.45) is 0 Å². The van der Waals surface area contributed by atoms with Crippen LogP contribution in [0.15, 0.2) is 48.5 Å². The Hall–Kier alpha value is -3.42. The number of carbonyl (C=O) groups is 3. The fourth-order valence-electron chi connectivity index (χ4n) is 2.15. The number of nitrogens with one attached hydrogen (secondary N) is 2. The second-order valence-corrected chi connectivity index (χ2v) is 5.40. The minimum Gasteiger partial charge on any atom is -0.468 e. The van der Waals surface area contributed by atoms with Crippen LogP contribution in [-0.4, -0.2) is 23.4 Å². The molecule has 2 aromatic rings. The molecule has 0 spiro atoms. The molecule has 3 rings (SSSR count). The number of rotatable bonds is 4. The van der Waals surface area contributed by atoms with Gasteiger partial charge >= 0.3 is 6.03 Å². The van der Waals surface area contributed by atoms with Gasteiger partial charge in [-0.15, -0.1) is 0 Å². The average Bonchev–Trinajstić information content (AvgIpc) is 2.55. The summed E-state index contributed by atoms with van der Waals surface area (Å²) in [6.07, 6.45) is 0. The van der Waals surface area contributed by atoms with E-state index in [1.54, 1.807) is 6.07 Å². The first-order valence-electron chi connectivity index (χ1n) is 7.26. The molecule has 0 atom stereocenters. The molecule has 0 unspecified atom stereocenters. The average molecular weight is 344 g/mol. The van der Waals surface area contributed by atoms with Crippen molar-refractivity contribution in [3.63, 3.8) is 0 Å². The Bertz CT molecular complexity index is 830. The second-order valence-electron chi connectivity index (χ2n) is 5.40. The van der Waals surface area contributed by atoms with Gasteiger partial charge in [-0.3, -0.25) is 20.2 Å². The van der Waals surface area contributed by atoms with Crippen molar-refractivity contribution >= 4 is 17.8 Å². The Morgan fingerprint density at radius 1 is 0.880 bits per heavy atom. The van der Waals surface area contributed by atoms with Gasteiger partial charge in [0, 0.05) is 6.07 Å². The minimum atomic E-state index is -1.88. The molecule has 2 N–H and O–H groups in total. The molecular formula is C17H13FN2O5. The summed E-state index contributed by atoms with van der Waals surface area (Å²) in [6.45, 7) is 1.25. The van der Waals surface area contributed by atoms with Crippen LogP contribution in [0.2, 0.25) is 0 Å². The Labute approximate surface area is 141 Å². The number of halogens is 1. The molecule has 8 heteroatoms. The molecular weight excluding hydrogens is 331 g/mol. The van der Waals surface area contributed by atoms with Crippen molar-refractivity contribution in [2.75, 3.05) is 0 Å². The molecule has 1 fully saturated rings. The molecule has 0 bridgehead atoms. The highest BCUT2D eigenvalue weighted by atomic mass is 19.1. The highest BCUT2D eigenvalue weighted by Gasteiger charge is 2.48. The van der Waals surface area contributed by atoms with Crippen LogP contribution >= 0.6 is 0 Å². The van der Waals surface area contributed by atoms with Crippen molar-refractivity contribution in [1.29, 1.82) is 0 Å². The van der Waals surface area contributed by atoms with Crippen molar-refractivity contribution in [2.45, 2.75) is 12.5 Å². The van der Waals surface area contributed by atoms with Crippen LogP contribution in [0.4, 0.5) is 9.18 Å². The highest BCUT2D eigenvalue weighted by Crippen LogP contribution is 2.26. The zero-order chi connectivity index (χ0) is 18.0. The topological polar surface area (TPSA) is 93.7 Å². The normalized spacial score (nSPS) is 16.0. The SMILES string of the molecule is CC1(Oc2ccc(Oc3cccc(F)c3)cc2)C(=O)NC(=O)NC1=O. The summed E-state index contributed by atoms with van der Waals surface area (Å²) < 4.78 is 24.1. The zero-order valence-corrected chi connectivity index (χ0v) is 13.0. The van der Waals surface area contributed by atoms with E-state index in [1.807, 2.05) is 10.6 Å². The van der Waals surface area contributed by atoms with Crippen LogP contribution in [0.1, 0.15) is 6.92 Å². The number of urea groups is 1. The summed E-state index contributed by atoms with van der Waals surface area (Å²) in [5.41, 5.74) is -1.88. The van der Waals surface area contributed by atoms with E-state index in [0.717, 1.165) is 0 Å². The largest absolute Gasteiger partial charge is 0.468 e. The number of hydrogen-bond donors (Lipinski definition) is 2. The van der Waals surface area contributed by atoms with Gasteiger partial charge in [-0.05, 0) is 43.3 Å². The number of benzene rings is 2. The lowest BCUT2D eigenvalue weighted by Gasteiger charge is -2.30. The maximum absolute atomic E-state index is 13.1. The molecule has 1 saturated heterocycles. The minimum absolute atomic E-state index is 0.216. The second kappa shape index (κ2) is 6.23. The van der Waals surface area contributed by atoms with Gasteiger partial charge in [-0.2, -0.15) is 0 Å². The number of barbiturate groups is 1. The van der Waals surface area contributed by atoms with Crippen LogP contribution in [0.5, 0.6) is 17.2 Å². The summed E-state index contributed by atoms with van der Waals surface area (Å²) in [7, 11) is 0. The van der Waals surface area contributed by atoms with E-state index in [2.05, 4.69) is 0 Å². The lowest BCUT2D eigenvalue weighted by molar-refractivity contribution is -0.149. The smallest absolute Gasteiger partial charge is 0.328 e. The standard InChI is InChI=1S/C17H13FN2O5/c1-17(14(21)19-16(23)20-15(17)22)25-12-7-5-11(6-8-12)24-13-4-2-3-10(18)9-13/h2-9H,1H3,(H2,19,20,21,22,23). The molecule has 25 heavy (non-hydrogen) atoms. The van der Waals surface area contributed by atoms with E-state index in [1.165, 1.54) is 49.4 Å². The van der Waals surface area contributed by atoms with Crippen molar-refractivity contribution in [1.82, 2.24) is 10.6 Å². The summed E-state index contributed by atoms with van der Waals surface area (Å²) in [5.74, 6) is -1.19. The lowest BCUT2D eigenvalue weighted by Crippen LogP contribution is -2.67. The Morgan fingerprint density at radius 3 is 2.08 bits per heavy atom. The first-order chi connectivity index (χ1) is 11.9. The molecule has 0 saturated carbocycles. The summed E-state index contributed by atoms with van der Waals surface area (Å²) in [6, 6.07) is 10.8. The van der Waals surface area contributed by atoms with Gasteiger partial charge in [-0.25, -0.2) is 9.18 Å². The van der Waals surface area contributed by atoms with Crippen LogP contribution in [0.25, 0.3) is 0 Å². The molecule has 2 aromatic carbocycles. The third-order valence-electron chi connectivity index (χ3n) is 3.50. The fraction of sp³-hybridized carbons (Fsp3) is 0.118. The summed E-state index contributed by atoms with van der Waals surface area (Å²) >= 11 is 0. The maximum atomic E-state index is 13.1. The van der Waals surface area contributed by atoms with E-state index in [4.69, 9.17) is 9.47 Å². The van der Waals surface area contributed by atoms with Crippen molar-refractivity contribution in [3.8, 4) is 17.2 Å². The van der Waals surface area contributed by atoms with Gasteiger partial charge in [0.15, 0.2) is 0 Å². The van der Waals surface area contributed by atoms with E-state index in [-0.39, 0.29) is 5.75 Å². The predicted molar refractivity (Wildman–Crippen MR) is 83.6 cm³/mol. The van der Waals surface area contributed by atoms with E-state index in [9.17, 15) is 18.8 Å².